The first-order valence-corrected chi connectivity index (χ1v) is 11.9. The lowest BCUT2D eigenvalue weighted by Crippen LogP contribution is -2.50. The Balaban J connectivity index is 1.42. The summed E-state index contributed by atoms with van der Waals surface area (Å²) in [4.78, 5) is 26.6. The summed E-state index contributed by atoms with van der Waals surface area (Å²) in [5, 5.41) is 0. The highest BCUT2D eigenvalue weighted by atomic mass is 19.1. The van der Waals surface area contributed by atoms with Crippen molar-refractivity contribution in [2.75, 3.05) is 19.6 Å². The number of hydrogen-bond acceptors (Lipinski definition) is 4. The molecular weight excluding hydrogens is 441 g/mol. The van der Waals surface area contributed by atoms with Gasteiger partial charge in [0.25, 0.3) is 5.91 Å². The monoisotopic (exact) mass is 469 g/mol. The summed E-state index contributed by atoms with van der Waals surface area (Å²) < 4.78 is 15.7. The number of carbonyl (C=O) groups is 1. The molecule has 35 heavy (non-hydrogen) atoms. The van der Waals surface area contributed by atoms with Crippen LogP contribution in [-0.4, -0.2) is 49.9 Å². The fourth-order valence-corrected chi connectivity index (χ4v) is 4.75. The molecule has 1 fully saturated rings. The molecule has 2 aromatic carbocycles. The van der Waals surface area contributed by atoms with Crippen molar-refractivity contribution in [2.45, 2.75) is 25.9 Å². The summed E-state index contributed by atoms with van der Waals surface area (Å²) >= 11 is 0. The summed E-state index contributed by atoms with van der Waals surface area (Å²) in [5.41, 5.74) is 3.51. The minimum absolute atomic E-state index is 0.0521. The average Bonchev–Trinajstić information content (AvgIpc) is 3.32. The van der Waals surface area contributed by atoms with Gasteiger partial charge in [-0.05, 0) is 42.0 Å². The van der Waals surface area contributed by atoms with Crippen LogP contribution in [0.15, 0.2) is 85.2 Å². The lowest BCUT2D eigenvalue weighted by atomic mass is 10.0. The fourth-order valence-electron chi connectivity index (χ4n) is 4.75. The summed E-state index contributed by atoms with van der Waals surface area (Å²) in [6.07, 6.45) is 4.34. The highest BCUT2D eigenvalue weighted by Gasteiger charge is 2.33. The summed E-state index contributed by atoms with van der Waals surface area (Å²) in [5.74, 6) is 0.631. The first-order valence-electron chi connectivity index (χ1n) is 11.9. The van der Waals surface area contributed by atoms with Crippen molar-refractivity contribution in [2.24, 2.45) is 0 Å². The van der Waals surface area contributed by atoms with Crippen LogP contribution in [0.3, 0.4) is 0 Å². The molecule has 5 rings (SSSR count). The predicted molar refractivity (Wildman–Crippen MR) is 133 cm³/mol. The average molecular weight is 470 g/mol. The van der Waals surface area contributed by atoms with E-state index in [1.807, 2.05) is 41.4 Å². The highest BCUT2D eigenvalue weighted by Crippen LogP contribution is 2.28. The third-order valence-corrected chi connectivity index (χ3v) is 6.49. The van der Waals surface area contributed by atoms with E-state index in [9.17, 15) is 9.18 Å². The van der Waals surface area contributed by atoms with E-state index in [0.29, 0.717) is 25.3 Å². The Labute approximate surface area is 204 Å². The molecule has 0 spiro atoms. The van der Waals surface area contributed by atoms with Crippen molar-refractivity contribution in [3.63, 3.8) is 0 Å². The van der Waals surface area contributed by atoms with Gasteiger partial charge in [0.15, 0.2) is 0 Å². The largest absolute Gasteiger partial charge is 0.328 e. The standard InChI is InChI=1S/C28H28FN5O/c1-2-27-31-18-24(34(27)23-13-11-22(29)12-14-23)19-32-16-17-33(28(35)25-10-6-7-15-30-25)26(20-32)21-8-4-3-5-9-21/h3-15,18,26H,2,16-17,19-20H2,1H3. The number of halogens is 1. The Hall–Kier alpha value is -3.84. The van der Waals surface area contributed by atoms with Gasteiger partial charge in [0.1, 0.15) is 17.3 Å². The van der Waals surface area contributed by atoms with E-state index in [0.717, 1.165) is 35.7 Å². The molecule has 0 bridgehead atoms. The topological polar surface area (TPSA) is 54.3 Å². The molecule has 6 nitrogen and oxygen atoms in total. The van der Waals surface area contributed by atoms with Gasteiger partial charge < -0.3 is 4.90 Å². The summed E-state index contributed by atoms with van der Waals surface area (Å²) in [6, 6.07) is 22.0. The maximum Gasteiger partial charge on any atom is 0.273 e. The van der Waals surface area contributed by atoms with E-state index in [1.165, 1.54) is 12.1 Å². The number of piperazine rings is 1. The molecule has 0 N–H and O–H groups in total. The van der Waals surface area contributed by atoms with Crippen molar-refractivity contribution in [3.05, 3.63) is 114 Å². The molecule has 0 aliphatic carbocycles. The number of hydrogen-bond donors (Lipinski definition) is 0. The van der Waals surface area contributed by atoms with Crippen LogP contribution in [-0.2, 0) is 13.0 Å². The molecule has 7 heteroatoms. The van der Waals surface area contributed by atoms with E-state index >= 15 is 0 Å². The number of imidazole rings is 1. The highest BCUT2D eigenvalue weighted by molar-refractivity contribution is 5.92. The van der Waals surface area contributed by atoms with Gasteiger partial charge in [0, 0.05) is 44.5 Å². The minimum atomic E-state index is -0.257. The predicted octanol–water partition coefficient (Wildman–Crippen LogP) is 4.67. The van der Waals surface area contributed by atoms with Crippen LogP contribution in [0, 0.1) is 5.82 Å². The lowest BCUT2D eigenvalue weighted by Gasteiger charge is -2.41. The number of aromatic nitrogens is 3. The lowest BCUT2D eigenvalue weighted by molar-refractivity contribution is 0.0425. The van der Waals surface area contributed by atoms with Crippen LogP contribution in [0.4, 0.5) is 4.39 Å². The molecular formula is C28H28FN5O. The first kappa shape index (κ1) is 22.9. The maximum atomic E-state index is 13.5. The second-order valence-electron chi connectivity index (χ2n) is 8.71. The molecule has 1 amide bonds. The normalized spacial score (nSPS) is 16.4. The van der Waals surface area contributed by atoms with Gasteiger partial charge in [-0.15, -0.1) is 0 Å². The molecule has 4 aromatic rings. The molecule has 2 aromatic heterocycles. The van der Waals surface area contributed by atoms with Crippen molar-refractivity contribution in [1.29, 1.82) is 0 Å². The smallest absolute Gasteiger partial charge is 0.273 e. The molecule has 1 aliphatic heterocycles. The Bertz CT molecular complexity index is 1270. The van der Waals surface area contributed by atoms with Crippen LogP contribution < -0.4 is 0 Å². The van der Waals surface area contributed by atoms with Gasteiger partial charge in [-0.3, -0.25) is 19.2 Å². The van der Waals surface area contributed by atoms with Gasteiger partial charge in [0.05, 0.1) is 17.9 Å². The van der Waals surface area contributed by atoms with E-state index in [1.54, 1.807) is 24.4 Å². The van der Waals surface area contributed by atoms with Crippen molar-refractivity contribution >= 4 is 5.91 Å². The minimum Gasteiger partial charge on any atom is -0.328 e. The zero-order valence-corrected chi connectivity index (χ0v) is 19.7. The van der Waals surface area contributed by atoms with Crippen molar-refractivity contribution in [3.8, 4) is 5.69 Å². The Kier molecular flexibility index (Phi) is 6.68. The third-order valence-electron chi connectivity index (χ3n) is 6.49. The second kappa shape index (κ2) is 10.2. The molecule has 1 unspecified atom stereocenters. The molecule has 178 valence electrons. The Morgan fingerprint density at radius 3 is 2.46 bits per heavy atom. The number of amides is 1. The summed E-state index contributed by atoms with van der Waals surface area (Å²) in [6.45, 7) is 4.77. The van der Waals surface area contributed by atoms with Crippen LogP contribution >= 0.6 is 0 Å². The Morgan fingerprint density at radius 2 is 1.74 bits per heavy atom. The van der Waals surface area contributed by atoms with Gasteiger partial charge in [-0.25, -0.2) is 9.37 Å². The quantitative estimate of drug-likeness (QED) is 0.412. The molecule has 1 aliphatic rings. The first-order chi connectivity index (χ1) is 17.1. The van der Waals surface area contributed by atoms with Gasteiger partial charge in [-0.1, -0.05) is 43.3 Å². The fraction of sp³-hybridized carbons (Fsp3) is 0.250. The zero-order valence-electron chi connectivity index (χ0n) is 19.7. The van der Waals surface area contributed by atoms with Crippen molar-refractivity contribution in [1.82, 2.24) is 24.3 Å². The van der Waals surface area contributed by atoms with Crippen LogP contribution in [0.1, 0.15) is 40.5 Å². The second-order valence-corrected chi connectivity index (χ2v) is 8.71. The number of nitrogens with zero attached hydrogens (tertiary/aromatic N) is 5. The third kappa shape index (κ3) is 4.86. The Morgan fingerprint density at radius 1 is 0.971 bits per heavy atom. The van der Waals surface area contributed by atoms with Crippen molar-refractivity contribution < 1.29 is 9.18 Å². The molecule has 0 saturated carbocycles. The SMILES string of the molecule is CCc1ncc(CN2CCN(C(=O)c3ccccn3)C(c3ccccc3)C2)n1-c1ccc(F)cc1. The van der Waals surface area contributed by atoms with Gasteiger partial charge >= 0.3 is 0 Å². The maximum absolute atomic E-state index is 13.5. The summed E-state index contributed by atoms with van der Waals surface area (Å²) in [7, 11) is 0. The van der Waals surface area contributed by atoms with Crippen LogP contribution in [0.2, 0.25) is 0 Å². The van der Waals surface area contributed by atoms with Crippen LogP contribution in [0.5, 0.6) is 0 Å². The molecule has 1 atom stereocenters. The van der Waals surface area contributed by atoms with E-state index in [-0.39, 0.29) is 17.8 Å². The van der Waals surface area contributed by atoms with Crippen LogP contribution in [0.25, 0.3) is 5.69 Å². The van der Waals surface area contributed by atoms with E-state index in [2.05, 4.69) is 38.5 Å². The number of aryl methyl sites for hydroxylation is 1. The molecule has 0 radical (unpaired) electrons. The van der Waals surface area contributed by atoms with E-state index < -0.39 is 0 Å². The van der Waals surface area contributed by atoms with Gasteiger partial charge in [-0.2, -0.15) is 0 Å². The van der Waals surface area contributed by atoms with E-state index in [4.69, 9.17) is 0 Å². The number of rotatable bonds is 6. The molecule has 1 saturated heterocycles. The zero-order chi connectivity index (χ0) is 24.2. The number of benzene rings is 2. The number of pyridine rings is 1. The number of carbonyl (C=O) groups excluding carboxylic acids is 1. The molecule has 3 heterocycles. The van der Waals surface area contributed by atoms with Gasteiger partial charge in [0.2, 0.25) is 0 Å².